The maximum Gasteiger partial charge on any atom is 0.147 e. The molecule has 0 aliphatic heterocycles. The zero-order valence-corrected chi connectivity index (χ0v) is 12.9. The second-order valence-corrected chi connectivity index (χ2v) is 7.81. The Labute approximate surface area is 115 Å². The summed E-state index contributed by atoms with van der Waals surface area (Å²) in [5, 5.41) is 0. The van der Waals surface area contributed by atoms with Crippen LogP contribution in [-0.2, 0) is 11.2 Å². The topological polar surface area (TPSA) is 17.1 Å². The third-order valence-corrected chi connectivity index (χ3v) is 4.05. The first-order valence-electron chi connectivity index (χ1n) is 6.52. The van der Waals surface area contributed by atoms with Gasteiger partial charge in [0.2, 0.25) is 0 Å². The van der Waals surface area contributed by atoms with E-state index < -0.39 is 0 Å². The number of thioether (sulfide) groups is 1. The zero-order valence-electron chi connectivity index (χ0n) is 12.1. The number of rotatable bonds is 5. The van der Waals surface area contributed by atoms with Gasteiger partial charge in [-0.05, 0) is 17.0 Å². The summed E-state index contributed by atoms with van der Waals surface area (Å²) in [5.41, 5.74) is 2.45. The van der Waals surface area contributed by atoms with E-state index >= 15 is 0 Å². The molecule has 0 saturated carbocycles. The van der Waals surface area contributed by atoms with Gasteiger partial charge in [-0.15, -0.1) is 11.8 Å². The van der Waals surface area contributed by atoms with E-state index in [1.165, 1.54) is 5.56 Å². The molecule has 0 saturated heterocycles. The SMILES string of the molecule is CC(C)c1ccc(CC(=O)CSC(C)(C)C)cc1. The number of benzene rings is 1. The molecule has 1 rings (SSSR count). The molecule has 1 aromatic rings. The van der Waals surface area contributed by atoms with Gasteiger partial charge in [-0.25, -0.2) is 0 Å². The van der Waals surface area contributed by atoms with E-state index in [2.05, 4.69) is 58.9 Å². The van der Waals surface area contributed by atoms with Crippen molar-refractivity contribution in [3.63, 3.8) is 0 Å². The molecule has 0 spiro atoms. The number of hydrogen-bond acceptors (Lipinski definition) is 2. The standard InChI is InChI=1S/C16H24OS/c1-12(2)14-8-6-13(7-9-14)10-15(17)11-18-16(3,4)5/h6-9,12H,10-11H2,1-5H3. The van der Waals surface area contributed by atoms with Gasteiger partial charge in [-0.3, -0.25) is 4.79 Å². The molecule has 0 radical (unpaired) electrons. The van der Waals surface area contributed by atoms with Gasteiger partial charge in [0.25, 0.3) is 0 Å². The number of Topliss-reactive ketones (excluding diaryl/α,β-unsaturated/α-hetero) is 1. The van der Waals surface area contributed by atoms with Crippen molar-refractivity contribution >= 4 is 17.5 Å². The average Bonchev–Trinajstić information content (AvgIpc) is 2.26. The third-order valence-electron chi connectivity index (χ3n) is 2.71. The Morgan fingerprint density at radius 2 is 1.72 bits per heavy atom. The Kier molecular flexibility index (Phi) is 5.46. The van der Waals surface area contributed by atoms with Crippen LogP contribution in [0.2, 0.25) is 0 Å². The van der Waals surface area contributed by atoms with Crippen LogP contribution < -0.4 is 0 Å². The van der Waals surface area contributed by atoms with E-state index in [0.717, 1.165) is 5.56 Å². The van der Waals surface area contributed by atoms with Crippen LogP contribution in [0, 0.1) is 0 Å². The maximum absolute atomic E-state index is 11.9. The first-order chi connectivity index (χ1) is 8.28. The summed E-state index contributed by atoms with van der Waals surface area (Å²) in [5.74, 6) is 1.47. The predicted molar refractivity (Wildman–Crippen MR) is 81.5 cm³/mol. The summed E-state index contributed by atoms with van der Waals surface area (Å²) < 4.78 is 0.164. The van der Waals surface area contributed by atoms with E-state index in [1.54, 1.807) is 11.8 Å². The lowest BCUT2D eigenvalue weighted by atomic mass is 10.0. The second kappa shape index (κ2) is 6.42. The molecule has 100 valence electrons. The molecule has 0 aromatic heterocycles. The average molecular weight is 264 g/mol. The van der Waals surface area contributed by atoms with Gasteiger partial charge in [0.15, 0.2) is 0 Å². The quantitative estimate of drug-likeness (QED) is 0.781. The molecule has 0 heterocycles. The van der Waals surface area contributed by atoms with Crippen molar-refractivity contribution in [2.24, 2.45) is 0 Å². The van der Waals surface area contributed by atoms with Gasteiger partial charge < -0.3 is 0 Å². The fourth-order valence-corrected chi connectivity index (χ4v) is 2.29. The summed E-state index contributed by atoms with van der Waals surface area (Å²) >= 11 is 1.72. The van der Waals surface area contributed by atoms with Crippen molar-refractivity contribution in [1.82, 2.24) is 0 Å². The van der Waals surface area contributed by atoms with Crippen LogP contribution in [0.25, 0.3) is 0 Å². The van der Waals surface area contributed by atoms with Gasteiger partial charge in [0.1, 0.15) is 5.78 Å². The van der Waals surface area contributed by atoms with Crippen LogP contribution in [0.15, 0.2) is 24.3 Å². The third kappa shape index (κ3) is 5.72. The monoisotopic (exact) mass is 264 g/mol. The fraction of sp³-hybridized carbons (Fsp3) is 0.562. The smallest absolute Gasteiger partial charge is 0.147 e. The molecular weight excluding hydrogens is 240 g/mol. The van der Waals surface area contributed by atoms with Crippen molar-refractivity contribution in [1.29, 1.82) is 0 Å². The minimum absolute atomic E-state index is 0.164. The molecule has 0 fully saturated rings. The van der Waals surface area contributed by atoms with Crippen LogP contribution in [0.1, 0.15) is 51.7 Å². The molecule has 0 aliphatic rings. The van der Waals surface area contributed by atoms with Crippen molar-refractivity contribution in [2.75, 3.05) is 5.75 Å². The molecule has 18 heavy (non-hydrogen) atoms. The van der Waals surface area contributed by atoms with Crippen molar-refractivity contribution in [2.45, 2.75) is 51.7 Å². The molecule has 0 amide bonds. The Hall–Kier alpha value is -0.760. The lowest BCUT2D eigenvalue weighted by Crippen LogP contribution is -2.14. The summed E-state index contributed by atoms with van der Waals surface area (Å²) in [6.45, 7) is 10.8. The minimum Gasteiger partial charge on any atom is -0.298 e. The van der Waals surface area contributed by atoms with Gasteiger partial charge >= 0.3 is 0 Å². The second-order valence-electron chi connectivity index (χ2n) is 6.01. The van der Waals surface area contributed by atoms with Gasteiger partial charge in [-0.1, -0.05) is 58.9 Å². The number of hydrogen-bond donors (Lipinski definition) is 0. The van der Waals surface area contributed by atoms with Crippen LogP contribution in [-0.4, -0.2) is 16.3 Å². The van der Waals surface area contributed by atoms with E-state index in [4.69, 9.17) is 0 Å². The summed E-state index contributed by atoms with van der Waals surface area (Å²) in [7, 11) is 0. The highest BCUT2D eigenvalue weighted by atomic mass is 32.2. The van der Waals surface area contributed by atoms with E-state index in [-0.39, 0.29) is 4.75 Å². The first-order valence-corrected chi connectivity index (χ1v) is 7.51. The van der Waals surface area contributed by atoms with Gasteiger partial charge in [-0.2, -0.15) is 0 Å². The van der Waals surface area contributed by atoms with Crippen LogP contribution in [0.3, 0.4) is 0 Å². The lowest BCUT2D eigenvalue weighted by molar-refractivity contribution is -0.116. The van der Waals surface area contributed by atoms with E-state index in [1.807, 2.05) is 0 Å². The molecule has 0 N–H and O–H groups in total. The highest BCUT2D eigenvalue weighted by Gasteiger charge is 2.13. The van der Waals surface area contributed by atoms with Crippen molar-refractivity contribution in [3.05, 3.63) is 35.4 Å². The molecule has 1 nitrogen and oxygen atoms in total. The Bertz CT molecular complexity index is 385. The number of ketones is 1. The van der Waals surface area contributed by atoms with Crippen molar-refractivity contribution in [3.8, 4) is 0 Å². The molecule has 0 atom stereocenters. The zero-order chi connectivity index (χ0) is 13.8. The summed E-state index contributed by atoms with van der Waals surface area (Å²) in [6, 6.07) is 8.42. The van der Waals surface area contributed by atoms with Gasteiger partial charge in [0.05, 0.1) is 5.75 Å². The van der Waals surface area contributed by atoms with Crippen LogP contribution in [0.4, 0.5) is 0 Å². The lowest BCUT2D eigenvalue weighted by Gasteiger charge is -2.16. The highest BCUT2D eigenvalue weighted by molar-refractivity contribution is 8.01. The minimum atomic E-state index is 0.164. The Morgan fingerprint density at radius 3 is 2.17 bits per heavy atom. The van der Waals surface area contributed by atoms with Crippen LogP contribution >= 0.6 is 11.8 Å². The van der Waals surface area contributed by atoms with Gasteiger partial charge in [0, 0.05) is 11.2 Å². The normalized spacial score (nSPS) is 11.9. The van der Waals surface area contributed by atoms with Crippen LogP contribution in [0.5, 0.6) is 0 Å². The summed E-state index contributed by atoms with van der Waals surface area (Å²) in [6.07, 6.45) is 0.557. The number of carbonyl (C=O) groups is 1. The maximum atomic E-state index is 11.9. The Morgan fingerprint density at radius 1 is 1.17 bits per heavy atom. The Balaban J connectivity index is 2.50. The molecule has 0 aliphatic carbocycles. The number of carbonyl (C=O) groups excluding carboxylic acids is 1. The molecular formula is C16H24OS. The molecule has 2 heteroatoms. The predicted octanol–water partition coefficient (Wildman–Crippen LogP) is 4.45. The molecule has 0 bridgehead atoms. The van der Waals surface area contributed by atoms with E-state index in [9.17, 15) is 4.79 Å². The summed E-state index contributed by atoms with van der Waals surface area (Å²) in [4.78, 5) is 11.9. The van der Waals surface area contributed by atoms with E-state index in [0.29, 0.717) is 23.9 Å². The fourth-order valence-electron chi connectivity index (χ4n) is 1.60. The molecule has 0 unspecified atom stereocenters. The highest BCUT2D eigenvalue weighted by Crippen LogP contribution is 2.23. The molecule has 1 aromatic carbocycles. The van der Waals surface area contributed by atoms with Crippen molar-refractivity contribution < 1.29 is 4.79 Å². The largest absolute Gasteiger partial charge is 0.298 e. The first kappa shape index (κ1) is 15.3.